The van der Waals surface area contributed by atoms with E-state index in [2.05, 4.69) is 15.5 Å². The van der Waals surface area contributed by atoms with E-state index in [1.54, 1.807) is 0 Å². The molecule has 0 aliphatic carbocycles. The van der Waals surface area contributed by atoms with Gasteiger partial charge in [0.15, 0.2) is 0 Å². The molecule has 0 aliphatic heterocycles. The summed E-state index contributed by atoms with van der Waals surface area (Å²) >= 11 is 0. The minimum Gasteiger partial charge on any atom is -0.494 e. The molecule has 2 aromatic carbocycles. The monoisotopic (exact) mass is 380 g/mol. The van der Waals surface area contributed by atoms with Crippen LogP contribution < -0.4 is 16.7 Å². The Hall–Kier alpha value is -3.35. The number of H-pyrrole nitrogens is 1. The molecule has 7 heteroatoms. The average molecular weight is 380 g/mol. The predicted octanol–water partition coefficient (Wildman–Crippen LogP) is 3.42. The third-order valence-corrected chi connectivity index (χ3v) is 4.63. The topological polar surface area (TPSA) is 99.5 Å². The third-order valence-electron chi connectivity index (χ3n) is 4.63. The van der Waals surface area contributed by atoms with Crippen LogP contribution in [0.1, 0.15) is 38.7 Å². The summed E-state index contributed by atoms with van der Waals surface area (Å²) in [4.78, 5) is 26.7. The molecule has 0 atom stereocenters. The van der Waals surface area contributed by atoms with Gasteiger partial charge in [0.25, 0.3) is 5.56 Å². The van der Waals surface area contributed by atoms with Gasteiger partial charge in [-0.1, -0.05) is 56.7 Å². The zero-order chi connectivity index (χ0) is 20.1. The number of rotatable bonds is 7. The highest BCUT2D eigenvalue weighted by Crippen LogP contribution is 2.23. The van der Waals surface area contributed by atoms with E-state index in [0.29, 0.717) is 25.1 Å². The van der Waals surface area contributed by atoms with Crippen molar-refractivity contribution < 1.29 is 5.11 Å². The SMILES string of the molecule is CCCCn1c(O)c(/C(CC)=N/Nc2cccc3ccccc23)c(=O)[nH]c1=O. The van der Waals surface area contributed by atoms with Crippen LogP contribution in [0, 0.1) is 0 Å². The number of anilines is 1. The van der Waals surface area contributed by atoms with Crippen molar-refractivity contribution in [2.45, 2.75) is 39.7 Å². The van der Waals surface area contributed by atoms with Gasteiger partial charge in [-0.15, -0.1) is 0 Å². The molecule has 0 radical (unpaired) electrons. The second-order valence-electron chi connectivity index (χ2n) is 6.51. The Labute approximate surface area is 162 Å². The maximum absolute atomic E-state index is 12.4. The van der Waals surface area contributed by atoms with Gasteiger partial charge >= 0.3 is 5.69 Å². The second kappa shape index (κ2) is 8.56. The van der Waals surface area contributed by atoms with E-state index in [1.165, 1.54) is 4.57 Å². The molecule has 28 heavy (non-hydrogen) atoms. The second-order valence-corrected chi connectivity index (χ2v) is 6.51. The zero-order valence-corrected chi connectivity index (χ0v) is 16.0. The van der Waals surface area contributed by atoms with E-state index in [0.717, 1.165) is 22.9 Å². The first-order valence-corrected chi connectivity index (χ1v) is 9.43. The largest absolute Gasteiger partial charge is 0.494 e. The van der Waals surface area contributed by atoms with Crippen LogP contribution in [0.2, 0.25) is 0 Å². The molecular formula is C21H24N4O3. The maximum Gasteiger partial charge on any atom is 0.331 e. The van der Waals surface area contributed by atoms with Gasteiger partial charge in [0.05, 0.1) is 11.4 Å². The van der Waals surface area contributed by atoms with E-state index in [9.17, 15) is 14.7 Å². The van der Waals surface area contributed by atoms with Crippen LogP contribution in [0.4, 0.5) is 5.69 Å². The average Bonchev–Trinajstić information content (AvgIpc) is 2.70. The number of nitrogens with one attached hydrogen (secondary N) is 2. The summed E-state index contributed by atoms with van der Waals surface area (Å²) in [5.41, 5.74) is 2.93. The van der Waals surface area contributed by atoms with E-state index >= 15 is 0 Å². The maximum atomic E-state index is 12.4. The van der Waals surface area contributed by atoms with Crippen molar-refractivity contribution in [1.82, 2.24) is 9.55 Å². The van der Waals surface area contributed by atoms with E-state index in [-0.39, 0.29) is 11.4 Å². The molecule has 7 nitrogen and oxygen atoms in total. The molecular weight excluding hydrogens is 356 g/mol. The Kier molecular flexibility index (Phi) is 5.93. The smallest absolute Gasteiger partial charge is 0.331 e. The Morgan fingerprint density at radius 2 is 1.89 bits per heavy atom. The predicted molar refractivity (Wildman–Crippen MR) is 112 cm³/mol. The highest BCUT2D eigenvalue weighted by molar-refractivity contribution is 6.03. The van der Waals surface area contributed by atoms with E-state index < -0.39 is 11.2 Å². The fraction of sp³-hybridized carbons (Fsp3) is 0.286. The standard InChI is InChI=1S/C21H24N4O3/c1-3-5-13-25-20(27)18(19(26)22-21(25)28)16(4-2)23-24-17-12-8-10-14-9-6-7-11-15(14)17/h6-12,24,27H,3-5,13H2,1-2H3,(H,22,26,28)/b23-16+. The van der Waals surface area contributed by atoms with Gasteiger partial charge in [-0.3, -0.25) is 19.8 Å². The Balaban J connectivity index is 2.03. The Morgan fingerprint density at radius 3 is 2.64 bits per heavy atom. The fourth-order valence-corrected chi connectivity index (χ4v) is 3.11. The van der Waals surface area contributed by atoms with Gasteiger partial charge < -0.3 is 5.11 Å². The number of fused-ring (bicyclic) bond motifs is 1. The molecule has 0 saturated heterocycles. The van der Waals surface area contributed by atoms with Crippen molar-refractivity contribution in [2.24, 2.45) is 5.10 Å². The first kappa shape index (κ1) is 19.4. The highest BCUT2D eigenvalue weighted by Gasteiger charge is 2.18. The number of aromatic nitrogens is 2. The van der Waals surface area contributed by atoms with Gasteiger partial charge in [-0.2, -0.15) is 5.10 Å². The quantitative estimate of drug-likeness (QED) is 0.432. The molecule has 1 aromatic heterocycles. The number of nitrogens with zero attached hydrogens (tertiary/aromatic N) is 2. The van der Waals surface area contributed by atoms with Crippen LogP contribution in [0.25, 0.3) is 10.8 Å². The number of aromatic amines is 1. The molecule has 0 spiro atoms. The summed E-state index contributed by atoms with van der Waals surface area (Å²) in [7, 11) is 0. The summed E-state index contributed by atoms with van der Waals surface area (Å²) in [5.74, 6) is -0.345. The van der Waals surface area contributed by atoms with E-state index in [1.807, 2.05) is 56.3 Å². The molecule has 3 aromatic rings. The zero-order valence-electron chi connectivity index (χ0n) is 16.0. The highest BCUT2D eigenvalue weighted by atomic mass is 16.3. The van der Waals surface area contributed by atoms with Gasteiger partial charge in [-0.05, 0) is 24.3 Å². The van der Waals surface area contributed by atoms with Crippen molar-refractivity contribution in [3.8, 4) is 5.88 Å². The summed E-state index contributed by atoms with van der Waals surface area (Å²) < 4.78 is 1.18. The Morgan fingerprint density at radius 1 is 1.14 bits per heavy atom. The lowest BCUT2D eigenvalue weighted by Crippen LogP contribution is -2.34. The van der Waals surface area contributed by atoms with Crippen LogP contribution in [0.5, 0.6) is 5.88 Å². The van der Waals surface area contributed by atoms with Crippen LogP contribution in [0.15, 0.2) is 57.2 Å². The van der Waals surface area contributed by atoms with Gasteiger partial charge in [0, 0.05) is 11.9 Å². The van der Waals surface area contributed by atoms with E-state index in [4.69, 9.17) is 0 Å². The summed E-state index contributed by atoms with van der Waals surface area (Å²) in [6.07, 6.45) is 1.98. The lowest BCUT2D eigenvalue weighted by atomic mass is 10.1. The number of aromatic hydroxyl groups is 1. The van der Waals surface area contributed by atoms with Crippen molar-refractivity contribution >= 4 is 22.2 Å². The molecule has 0 saturated carbocycles. The Bertz CT molecular complexity index is 1120. The summed E-state index contributed by atoms with van der Waals surface area (Å²) in [5, 5.41) is 17.0. The minimum absolute atomic E-state index is 0.0194. The van der Waals surface area contributed by atoms with Gasteiger partial charge in [0.1, 0.15) is 5.56 Å². The molecule has 0 bridgehead atoms. The molecule has 0 unspecified atom stereocenters. The van der Waals surface area contributed by atoms with Crippen LogP contribution >= 0.6 is 0 Å². The van der Waals surface area contributed by atoms with Crippen molar-refractivity contribution in [3.05, 3.63) is 68.9 Å². The van der Waals surface area contributed by atoms with Crippen LogP contribution in [-0.2, 0) is 6.54 Å². The van der Waals surface area contributed by atoms with Crippen LogP contribution in [0.3, 0.4) is 0 Å². The first-order chi connectivity index (χ1) is 13.6. The molecule has 0 amide bonds. The molecule has 0 fully saturated rings. The molecule has 0 aliphatic rings. The fourth-order valence-electron chi connectivity index (χ4n) is 3.11. The first-order valence-electron chi connectivity index (χ1n) is 9.43. The minimum atomic E-state index is -0.643. The molecule has 146 valence electrons. The van der Waals surface area contributed by atoms with Crippen molar-refractivity contribution in [1.29, 1.82) is 0 Å². The lowest BCUT2D eigenvalue weighted by Gasteiger charge is -2.12. The number of hydrogen-bond donors (Lipinski definition) is 3. The normalized spacial score (nSPS) is 11.7. The third kappa shape index (κ3) is 3.83. The van der Waals surface area contributed by atoms with Crippen LogP contribution in [-0.4, -0.2) is 20.4 Å². The summed E-state index contributed by atoms with van der Waals surface area (Å²) in [6, 6.07) is 13.7. The molecule has 3 N–H and O–H groups in total. The number of benzene rings is 2. The molecule has 3 rings (SSSR count). The number of hydrazone groups is 1. The summed E-state index contributed by atoms with van der Waals surface area (Å²) in [6.45, 7) is 4.16. The molecule has 1 heterocycles. The van der Waals surface area contributed by atoms with Crippen molar-refractivity contribution in [2.75, 3.05) is 5.43 Å². The number of unbranched alkanes of at least 4 members (excludes halogenated alkanes) is 1. The lowest BCUT2D eigenvalue weighted by molar-refractivity contribution is 0.394. The van der Waals surface area contributed by atoms with Crippen molar-refractivity contribution in [3.63, 3.8) is 0 Å². The van der Waals surface area contributed by atoms with Gasteiger partial charge in [-0.25, -0.2) is 4.79 Å². The van der Waals surface area contributed by atoms with Gasteiger partial charge in [0.2, 0.25) is 5.88 Å². The number of hydrogen-bond acceptors (Lipinski definition) is 5.